The van der Waals surface area contributed by atoms with Crippen molar-refractivity contribution in [1.82, 2.24) is 8.96 Å². The molecule has 0 N–H and O–H groups in total. The van der Waals surface area contributed by atoms with Crippen molar-refractivity contribution in [2.75, 3.05) is 0 Å². The average molecular weight is 308 g/mol. The molecule has 0 aliphatic heterocycles. The zero-order valence-electron chi connectivity index (χ0n) is 10.6. The standard InChI is InChI=1S/C14H10F2N2O2S/c15-13(16)12-7-6-10-8-9-18(14(10)17-12)21(19,20)11-4-2-1-3-5-11/h1-9,13H. The quantitative estimate of drug-likeness (QED) is 0.746. The predicted molar refractivity (Wildman–Crippen MR) is 73.7 cm³/mol. The number of benzene rings is 1. The van der Waals surface area contributed by atoms with Gasteiger partial charge in [0.05, 0.1) is 4.90 Å². The number of alkyl halides is 2. The molecule has 0 bridgehead atoms. The maximum atomic E-state index is 12.7. The Morgan fingerprint density at radius 3 is 2.38 bits per heavy atom. The third kappa shape index (κ3) is 2.29. The molecule has 0 fully saturated rings. The smallest absolute Gasteiger partial charge is 0.228 e. The zero-order valence-corrected chi connectivity index (χ0v) is 11.5. The largest absolute Gasteiger partial charge is 0.280 e. The van der Waals surface area contributed by atoms with Crippen molar-refractivity contribution >= 4 is 21.1 Å². The van der Waals surface area contributed by atoms with Crippen molar-refractivity contribution in [2.45, 2.75) is 11.3 Å². The van der Waals surface area contributed by atoms with Gasteiger partial charge in [-0.15, -0.1) is 0 Å². The van der Waals surface area contributed by atoms with Gasteiger partial charge in [-0.1, -0.05) is 18.2 Å². The minimum absolute atomic E-state index is 0.00310. The Bertz CT molecular complexity index is 890. The minimum Gasteiger partial charge on any atom is -0.228 e. The number of hydrogen-bond donors (Lipinski definition) is 0. The summed E-state index contributed by atoms with van der Waals surface area (Å²) >= 11 is 0. The lowest BCUT2D eigenvalue weighted by Crippen LogP contribution is -2.12. The van der Waals surface area contributed by atoms with Gasteiger partial charge in [-0.25, -0.2) is 26.2 Å². The SMILES string of the molecule is O=S(=O)(c1ccccc1)n1ccc2ccc(C(F)F)nc21. The van der Waals surface area contributed by atoms with Crippen LogP contribution in [-0.2, 0) is 10.0 Å². The van der Waals surface area contributed by atoms with Crippen LogP contribution in [0.1, 0.15) is 12.1 Å². The summed E-state index contributed by atoms with van der Waals surface area (Å²) in [4.78, 5) is 3.84. The van der Waals surface area contributed by atoms with Gasteiger partial charge in [0, 0.05) is 11.6 Å². The number of rotatable bonds is 3. The van der Waals surface area contributed by atoms with Gasteiger partial charge >= 0.3 is 0 Å². The Labute approximate surface area is 119 Å². The van der Waals surface area contributed by atoms with Crippen molar-refractivity contribution in [2.24, 2.45) is 0 Å². The van der Waals surface area contributed by atoms with Crippen LogP contribution in [0.25, 0.3) is 11.0 Å². The first kappa shape index (κ1) is 13.7. The molecule has 0 amide bonds. The third-order valence-electron chi connectivity index (χ3n) is 3.05. The summed E-state index contributed by atoms with van der Waals surface area (Å²) in [7, 11) is -3.86. The molecule has 0 spiro atoms. The molecule has 3 rings (SSSR count). The highest BCUT2D eigenvalue weighted by Crippen LogP contribution is 2.24. The molecule has 7 heteroatoms. The Morgan fingerprint density at radius 2 is 1.71 bits per heavy atom. The van der Waals surface area contributed by atoms with Crippen LogP contribution in [0.2, 0.25) is 0 Å². The third-order valence-corrected chi connectivity index (χ3v) is 4.73. The highest BCUT2D eigenvalue weighted by atomic mass is 32.2. The van der Waals surface area contributed by atoms with E-state index in [1.54, 1.807) is 18.2 Å². The molecule has 108 valence electrons. The number of nitrogens with zero attached hydrogens (tertiary/aromatic N) is 2. The fourth-order valence-corrected chi connectivity index (χ4v) is 3.34. The Morgan fingerprint density at radius 1 is 1.00 bits per heavy atom. The Balaban J connectivity index is 2.23. The van der Waals surface area contributed by atoms with Gasteiger partial charge in [0.15, 0.2) is 5.65 Å². The monoisotopic (exact) mass is 308 g/mol. The molecule has 0 atom stereocenters. The van der Waals surface area contributed by atoms with E-state index in [4.69, 9.17) is 0 Å². The number of pyridine rings is 1. The molecule has 0 aliphatic carbocycles. The van der Waals surface area contributed by atoms with Crippen LogP contribution in [0.4, 0.5) is 8.78 Å². The zero-order chi connectivity index (χ0) is 15.0. The van der Waals surface area contributed by atoms with E-state index < -0.39 is 22.1 Å². The van der Waals surface area contributed by atoms with Crippen LogP contribution in [0.5, 0.6) is 0 Å². The number of fused-ring (bicyclic) bond motifs is 1. The molecule has 21 heavy (non-hydrogen) atoms. The summed E-state index contributed by atoms with van der Waals surface area (Å²) in [5, 5.41) is 0.485. The first-order valence-corrected chi connectivity index (χ1v) is 7.51. The van der Waals surface area contributed by atoms with Crippen molar-refractivity contribution in [1.29, 1.82) is 0 Å². The van der Waals surface area contributed by atoms with Crippen LogP contribution in [0.3, 0.4) is 0 Å². The lowest BCUT2D eigenvalue weighted by molar-refractivity contribution is 0.146. The second kappa shape index (κ2) is 4.92. The van der Waals surface area contributed by atoms with E-state index in [1.807, 2.05) is 0 Å². The molecule has 0 radical (unpaired) electrons. The molecule has 2 heterocycles. The van der Waals surface area contributed by atoms with Crippen molar-refractivity contribution in [3.05, 3.63) is 60.4 Å². The fraction of sp³-hybridized carbons (Fsp3) is 0.0714. The molecule has 0 aliphatic rings. The van der Waals surface area contributed by atoms with Gasteiger partial charge in [-0.05, 0) is 30.3 Å². The number of halogens is 2. The van der Waals surface area contributed by atoms with E-state index in [-0.39, 0.29) is 10.5 Å². The van der Waals surface area contributed by atoms with Crippen LogP contribution in [0, 0.1) is 0 Å². The Kier molecular flexibility index (Phi) is 3.21. The van der Waals surface area contributed by atoms with Crippen LogP contribution in [-0.4, -0.2) is 17.4 Å². The van der Waals surface area contributed by atoms with E-state index in [0.717, 1.165) is 3.97 Å². The molecular formula is C14H10F2N2O2S. The molecule has 2 aromatic heterocycles. The summed E-state index contributed by atoms with van der Waals surface area (Å²) in [6, 6.07) is 11.9. The van der Waals surface area contributed by atoms with E-state index in [1.165, 1.54) is 36.5 Å². The van der Waals surface area contributed by atoms with Gasteiger partial charge < -0.3 is 0 Å². The highest BCUT2D eigenvalue weighted by Gasteiger charge is 2.20. The fourth-order valence-electron chi connectivity index (χ4n) is 2.02. The Hall–Kier alpha value is -2.28. The summed E-state index contributed by atoms with van der Waals surface area (Å²) < 4.78 is 51.4. The first-order valence-electron chi connectivity index (χ1n) is 6.07. The lowest BCUT2D eigenvalue weighted by Gasteiger charge is -2.07. The van der Waals surface area contributed by atoms with Gasteiger partial charge in [0.2, 0.25) is 0 Å². The van der Waals surface area contributed by atoms with Crippen molar-refractivity contribution in [3.8, 4) is 0 Å². The topological polar surface area (TPSA) is 52.0 Å². The van der Waals surface area contributed by atoms with Gasteiger partial charge in [-0.3, -0.25) is 0 Å². The van der Waals surface area contributed by atoms with Crippen molar-refractivity contribution in [3.63, 3.8) is 0 Å². The van der Waals surface area contributed by atoms with E-state index in [2.05, 4.69) is 4.98 Å². The predicted octanol–water partition coefficient (Wildman–Crippen LogP) is 3.21. The summed E-state index contributed by atoms with van der Waals surface area (Å²) in [5.41, 5.74) is -0.456. The van der Waals surface area contributed by atoms with E-state index in [9.17, 15) is 17.2 Å². The maximum Gasteiger partial charge on any atom is 0.280 e. The molecule has 0 saturated carbocycles. The molecular weight excluding hydrogens is 298 g/mol. The average Bonchev–Trinajstić information content (AvgIpc) is 2.91. The number of aromatic nitrogens is 2. The second-order valence-electron chi connectivity index (χ2n) is 4.38. The maximum absolute atomic E-state index is 12.7. The molecule has 1 aromatic carbocycles. The molecule has 3 aromatic rings. The normalized spacial score (nSPS) is 12.1. The molecule has 4 nitrogen and oxygen atoms in total. The summed E-state index contributed by atoms with van der Waals surface area (Å²) in [6.45, 7) is 0. The molecule has 0 unspecified atom stereocenters. The van der Waals surface area contributed by atoms with Crippen LogP contribution >= 0.6 is 0 Å². The number of hydrogen-bond acceptors (Lipinski definition) is 3. The van der Waals surface area contributed by atoms with E-state index >= 15 is 0 Å². The summed E-state index contributed by atoms with van der Waals surface area (Å²) in [5.74, 6) is 0. The summed E-state index contributed by atoms with van der Waals surface area (Å²) in [6.07, 6.45) is -1.44. The van der Waals surface area contributed by atoms with Gasteiger partial charge in [-0.2, -0.15) is 0 Å². The molecule has 0 saturated heterocycles. The van der Waals surface area contributed by atoms with Crippen molar-refractivity contribution < 1.29 is 17.2 Å². The second-order valence-corrected chi connectivity index (χ2v) is 6.19. The van der Waals surface area contributed by atoms with Gasteiger partial charge in [0.1, 0.15) is 5.69 Å². The van der Waals surface area contributed by atoms with Crippen LogP contribution in [0.15, 0.2) is 59.6 Å². The van der Waals surface area contributed by atoms with E-state index in [0.29, 0.717) is 5.39 Å². The van der Waals surface area contributed by atoms with Gasteiger partial charge in [0.25, 0.3) is 16.4 Å². The van der Waals surface area contributed by atoms with Crippen LogP contribution < -0.4 is 0 Å². The lowest BCUT2D eigenvalue weighted by atomic mass is 10.3. The minimum atomic E-state index is -3.86. The first-order chi connectivity index (χ1) is 10.00. The highest BCUT2D eigenvalue weighted by molar-refractivity contribution is 7.90.